The number of carbonyl (C=O) groups is 2. The summed E-state index contributed by atoms with van der Waals surface area (Å²) in [5, 5.41) is 11.0. The van der Waals surface area contributed by atoms with Gasteiger partial charge in [-0.25, -0.2) is 4.98 Å². The van der Waals surface area contributed by atoms with Crippen molar-refractivity contribution in [2.24, 2.45) is 0 Å². The van der Waals surface area contributed by atoms with Gasteiger partial charge in [0.1, 0.15) is 11.6 Å². The monoisotopic (exact) mass is 448 g/mol. The van der Waals surface area contributed by atoms with Crippen LogP contribution in [0.5, 0.6) is 0 Å². The number of rotatable bonds is 3. The zero-order valence-electron chi connectivity index (χ0n) is 15.5. The minimum Gasteiger partial charge on any atom is -0.507 e. The molecule has 6 heteroatoms. The first-order valence-corrected chi connectivity index (χ1v) is 9.81. The predicted molar refractivity (Wildman–Crippen MR) is 114 cm³/mol. The molecule has 5 nitrogen and oxygen atoms in total. The van der Waals surface area contributed by atoms with Crippen molar-refractivity contribution in [3.63, 3.8) is 0 Å². The Morgan fingerprint density at radius 3 is 2.45 bits per heavy atom. The van der Waals surface area contributed by atoms with Crippen LogP contribution in [-0.2, 0) is 9.59 Å². The van der Waals surface area contributed by atoms with Gasteiger partial charge in [0, 0.05) is 16.2 Å². The summed E-state index contributed by atoms with van der Waals surface area (Å²) in [6.45, 7) is 1.94. The van der Waals surface area contributed by atoms with Gasteiger partial charge in [-0.2, -0.15) is 0 Å². The number of benzene rings is 2. The lowest BCUT2D eigenvalue weighted by molar-refractivity contribution is -0.132. The number of aromatic nitrogens is 1. The van der Waals surface area contributed by atoms with E-state index >= 15 is 0 Å². The van der Waals surface area contributed by atoms with Crippen LogP contribution >= 0.6 is 15.9 Å². The first-order valence-electron chi connectivity index (χ1n) is 9.02. The highest BCUT2D eigenvalue weighted by atomic mass is 79.9. The number of anilines is 1. The number of aliphatic hydroxyl groups is 1. The SMILES string of the molecule is Cc1ccc(/C(O)=C2/C(=O)C(=O)N(c3ccccn3)C2c2cccc(Br)c2)cc1. The zero-order valence-corrected chi connectivity index (χ0v) is 17.1. The van der Waals surface area contributed by atoms with Crippen molar-refractivity contribution in [3.8, 4) is 0 Å². The molecule has 29 heavy (non-hydrogen) atoms. The fourth-order valence-corrected chi connectivity index (χ4v) is 3.84. The molecular formula is C23H17BrN2O3. The van der Waals surface area contributed by atoms with Crippen molar-refractivity contribution in [2.45, 2.75) is 13.0 Å². The van der Waals surface area contributed by atoms with Crippen molar-refractivity contribution in [1.29, 1.82) is 0 Å². The number of ketones is 1. The van der Waals surface area contributed by atoms with Crippen LogP contribution < -0.4 is 4.90 Å². The lowest BCUT2D eigenvalue weighted by Crippen LogP contribution is -2.30. The van der Waals surface area contributed by atoms with Crippen LogP contribution in [0.1, 0.15) is 22.7 Å². The molecule has 0 radical (unpaired) electrons. The Labute approximate surface area is 176 Å². The molecule has 1 aromatic heterocycles. The van der Waals surface area contributed by atoms with E-state index in [1.807, 2.05) is 43.3 Å². The summed E-state index contributed by atoms with van der Waals surface area (Å²) >= 11 is 3.44. The average Bonchev–Trinajstić information content (AvgIpc) is 2.99. The van der Waals surface area contributed by atoms with E-state index in [0.717, 1.165) is 10.0 Å². The lowest BCUT2D eigenvalue weighted by Gasteiger charge is -2.24. The third-order valence-electron chi connectivity index (χ3n) is 4.83. The van der Waals surface area contributed by atoms with Crippen LogP contribution in [0.3, 0.4) is 0 Å². The molecule has 2 aromatic carbocycles. The summed E-state index contributed by atoms with van der Waals surface area (Å²) in [6, 6.07) is 18.9. The maximum Gasteiger partial charge on any atom is 0.301 e. The number of aliphatic hydroxyl groups excluding tert-OH is 1. The number of hydrogen-bond donors (Lipinski definition) is 1. The van der Waals surface area contributed by atoms with E-state index in [1.54, 1.807) is 36.5 Å². The maximum absolute atomic E-state index is 13.0. The van der Waals surface area contributed by atoms with Crippen LogP contribution in [0.2, 0.25) is 0 Å². The molecule has 1 fully saturated rings. The van der Waals surface area contributed by atoms with E-state index < -0.39 is 17.7 Å². The van der Waals surface area contributed by atoms with Gasteiger partial charge >= 0.3 is 5.91 Å². The average molecular weight is 449 g/mol. The Morgan fingerprint density at radius 2 is 1.79 bits per heavy atom. The number of nitrogens with zero attached hydrogens (tertiary/aromatic N) is 2. The van der Waals surface area contributed by atoms with E-state index in [9.17, 15) is 14.7 Å². The Morgan fingerprint density at radius 1 is 1.03 bits per heavy atom. The summed E-state index contributed by atoms with van der Waals surface area (Å²) in [5.74, 6) is -1.31. The van der Waals surface area contributed by atoms with E-state index in [2.05, 4.69) is 20.9 Å². The van der Waals surface area contributed by atoms with Gasteiger partial charge in [-0.05, 0) is 36.8 Å². The van der Waals surface area contributed by atoms with Gasteiger partial charge in [0.15, 0.2) is 0 Å². The van der Waals surface area contributed by atoms with Gasteiger partial charge in [0.25, 0.3) is 5.78 Å². The molecule has 4 rings (SSSR count). The summed E-state index contributed by atoms with van der Waals surface area (Å²) < 4.78 is 0.803. The summed E-state index contributed by atoms with van der Waals surface area (Å²) in [5.41, 5.74) is 2.24. The molecular weight excluding hydrogens is 432 g/mol. The van der Waals surface area contributed by atoms with Crippen LogP contribution in [0.25, 0.3) is 5.76 Å². The third-order valence-corrected chi connectivity index (χ3v) is 5.32. The van der Waals surface area contributed by atoms with Crippen molar-refractivity contribution in [1.82, 2.24) is 4.98 Å². The summed E-state index contributed by atoms with van der Waals surface area (Å²) in [6.07, 6.45) is 1.56. The predicted octanol–water partition coefficient (Wildman–Crippen LogP) is 4.78. The van der Waals surface area contributed by atoms with Crippen LogP contribution in [0.4, 0.5) is 5.82 Å². The highest BCUT2D eigenvalue weighted by Crippen LogP contribution is 2.41. The van der Waals surface area contributed by atoms with Crippen LogP contribution in [0, 0.1) is 6.92 Å². The van der Waals surface area contributed by atoms with Crippen molar-refractivity contribution >= 4 is 39.2 Å². The molecule has 0 bridgehead atoms. The number of carbonyl (C=O) groups excluding carboxylic acids is 2. The second-order valence-corrected chi connectivity index (χ2v) is 7.69. The highest BCUT2D eigenvalue weighted by Gasteiger charge is 2.47. The quantitative estimate of drug-likeness (QED) is 0.355. The van der Waals surface area contributed by atoms with Crippen LogP contribution in [-0.4, -0.2) is 21.8 Å². The first kappa shape index (κ1) is 19.1. The standard InChI is InChI=1S/C23H17BrN2O3/c1-14-8-10-15(11-9-14)21(27)19-20(16-5-4-6-17(24)13-16)26(23(29)22(19)28)18-7-2-3-12-25-18/h2-13,20,27H,1H3/b21-19-. The largest absolute Gasteiger partial charge is 0.507 e. The van der Waals surface area contributed by atoms with Gasteiger partial charge in [0.2, 0.25) is 0 Å². The smallest absolute Gasteiger partial charge is 0.301 e. The van der Waals surface area contributed by atoms with Gasteiger partial charge < -0.3 is 5.11 Å². The van der Waals surface area contributed by atoms with Crippen molar-refractivity contribution < 1.29 is 14.7 Å². The Bertz CT molecular complexity index is 1120. The number of pyridine rings is 1. The molecule has 1 saturated heterocycles. The highest BCUT2D eigenvalue weighted by molar-refractivity contribution is 9.10. The molecule has 0 saturated carbocycles. The van der Waals surface area contributed by atoms with E-state index in [4.69, 9.17) is 0 Å². The molecule has 1 N–H and O–H groups in total. The molecule has 3 aromatic rings. The molecule has 144 valence electrons. The number of halogens is 1. The molecule has 1 amide bonds. The van der Waals surface area contributed by atoms with Gasteiger partial charge in [0.05, 0.1) is 11.6 Å². The number of aryl methyl sites for hydroxylation is 1. The molecule has 1 atom stereocenters. The normalized spacial score (nSPS) is 18.3. The lowest BCUT2D eigenvalue weighted by atomic mass is 9.95. The first-order chi connectivity index (χ1) is 14.0. The Kier molecular flexibility index (Phi) is 5.03. The van der Waals surface area contributed by atoms with E-state index in [0.29, 0.717) is 16.9 Å². The Balaban J connectivity index is 1.95. The van der Waals surface area contributed by atoms with Gasteiger partial charge in [-0.3, -0.25) is 14.5 Å². The van der Waals surface area contributed by atoms with Crippen molar-refractivity contribution in [2.75, 3.05) is 4.90 Å². The van der Waals surface area contributed by atoms with Crippen LogP contribution in [0.15, 0.2) is 83.0 Å². The minimum atomic E-state index is -0.788. The molecule has 2 heterocycles. The number of amides is 1. The summed E-state index contributed by atoms with van der Waals surface area (Å²) in [4.78, 5) is 31.5. The molecule has 1 aliphatic heterocycles. The van der Waals surface area contributed by atoms with Crippen molar-refractivity contribution in [3.05, 3.63) is 99.7 Å². The Hall–Kier alpha value is -3.25. The van der Waals surface area contributed by atoms with Gasteiger partial charge in [-0.15, -0.1) is 0 Å². The molecule has 0 spiro atoms. The summed E-state index contributed by atoms with van der Waals surface area (Å²) in [7, 11) is 0. The van der Waals surface area contributed by atoms with E-state index in [-0.39, 0.29) is 11.3 Å². The minimum absolute atomic E-state index is 0.0441. The molecule has 1 aliphatic rings. The number of Topliss-reactive ketones (excluding diaryl/α,β-unsaturated/α-hetero) is 1. The second-order valence-electron chi connectivity index (χ2n) is 6.78. The fourth-order valence-electron chi connectivity index (χ4n) is 3.42. The van der Waals surface area contributed by atoms with E-state index in [1.165, 1.54) is 4.90 Å². The van der Waals surface area contributed by atoms with Gasteiger partial charge in [-0.1, -0.05) is 64.0 Å². The topological polar surface area (TPSA) is 70.5 Å². The zero-order chi connectivity index (χ0) is 20.5. The molecule has 1 unspecified atom stereocenters. The molecule has 0 aliphatic carbocycles. The maximum atomic E-state index is 13.0. The second kappa shape index (κ2) is 7.64. The fraction of sp³-hybridized carbons (Fsp3) is 0.0870. The number of hydrogen-bond acceptors (Lipinski definition) is 4. The third kappa shape index (κ3) is 3.47.